The molecule has 0 bridgehead atoms. The monoisotopic (exact) mass is 351 g/mol. The molecule has 2 aromatic carbocycles. The van der Waals surface area contributed by atoms with Gasteiger partial charge in [0, 0.05) is 0 Å². The fourth-order valence-electron chi connectivity index (χ4n) is 3.23. The molecule has 26 heavy (non-hydrogen) atoms. The van der Waals surface area contributed by atoms with E-state index in [1.165, 1.54) is 0 Å². The lowest BCUT2D eigenvalue weighted by Crippen LogP contribution is -2.46. The average molecular weight is 351 g/mol. The van der Waals surface area contributed by atoms with Crippen LogP contribution in [0.15, 0.2) is 52.9 Å². The summed E-state index contributed by atoms with van der Waals surface area (Å²) in [7, 11) is 1.63. The lowest BCUT2D eigenvalue weighted by atomic mass is 10.1. The third-order valence-electron chi connectivity index (χ3n) is 4.29. The minimum Gasteiger partial charge on any atom is -0.496 e. The predicted molar refractivity (Wildman–Crippen MR) is 98.5 cm³/mol. The van der Waals surface area contributed by atoms with Crippen LogP contribution in [0.1, 0.15) is 19.7 Å². The molecule has 6 heteroatoms. The van der Waals surface area contributed by atoms with Gasteiger partial charge >= 0.3 is 0 Å². The Morgan fingerprint density at radius 1 is 1.08 bits per heavy atom. The minimum atomic E-state index is -0.292. The van der Waals surface area contributed by atoms with Gasteiger partial charge < -0.3 is 18.8 Å². The minimum absolute atomic E-state index is 0.292. The van der Waals surface area contributed by atoms with Crippen LogP contribution in [-0.2, 0) is 6.54 Å². The summed E-state index contributed by atoms with van der Waals surface area (Å²) in [6.45, 7) is 5.40. The van der Waals surface area contributed by atoms with Gasteiger partial charge in [-0.15, -0.1) is 10.2 Å². The van der Waals surface area contributed by atoms with Crippen LogP contribution < -0.4 is 14.4 Å². The van der Waals surface area contributed by atoms with E-state index >= 15 is 0 Å². The molecule has 0 N–H and O–H groups in total. The van der Waals surface area contributed by atoms with E-state index in [1.807, 2.05) is 48.5 Å². The molecule has 0 amide bonds. The Balaban J connectivity index is 1.62. The average Bonchev–Trinajstić information content (AvgIpc) is 3.09. The molecule has 134 valence electrons. The number of para-hydroxylation sites is 3. The van der Waals surface area contributed by atoms with Crippen LogP contribution in [0.4, 0.5) is 5.69 Å². The molecule has 4 rings (SSSR count). The molecule has 0 saturated carbocycles. The Hall–Kier alpha value is -3.02. The number of aromatic nitrogens is 2. The maximum absolute atomic E-state index is 6.07. The smallest absolute Gasteiger partial charge is 0.251 e. The van der Waals surface area contributed by atoms with Crippen molar-refractivity contribution in [2.45, 2.75) is 26.0 Å². The summed E-state index contributed by atoms with van der Waals surface area (Å²) in [5.74, 6) is 2.59. The summed E-state index contributed by atoms with van der Waals surface area (Å²) < 4.78 is 17.4. The normalized spacial score (nSPS) is 15.3. The van der Waals surface area contributed by atoms with Crippen molar-refractivity contribution in [3.05, 3.63) is 54.4 Å². The summed E-state index contributed by atoms with van der Waals surface area (Å²) in [6.07, 6.45) is 0. The second-order valence-electron chi connectivity index (χ2n) is 6.89. The van der Waals surface area contributed by atoms with Crippen LogP contribution in [0, 0.1) is 0 Å². The Kier molecular flexibility index (Phi) is 4.03. The van der Waals surface area contributed by atoms with E-state index in [2.05, 4.69) is 28.9 Å². The molecular weight excluding hydrogens is 330 g/mol. The van der Waals surface area contributed by atoms with Gasteiger partial charge in [0.15, 0.2) is 0 Å². The highest BCUT2D eigenvalue weighted by Crippen LogP contribution is 2.37. The lowest BCUT2D eigenvalue weighted by molar-refractivity contribution is 0.104. The van der Waals surface area contributed by atoms with Crippen molar-refractivity contribution >= 4 is 5.69 Å². The molecule has 6 nitrogen and oxygen atoms in total. The van der Waals surface area contributed by atoms with E-state index in [4.69, 9.17) is 13.9 Å². The van der Waals surface area contributed by atoms with Crippen LogP contribution in [0.25, 0.3) is 11.5 Å². The van der Waals surface area contributed by atoms with Crippen molar-refractivity contribution < 1.29 is 13.9 Å². The number of anilines is 1. The number of ether oxygens (including phenoxy) is 2. The number of hydrogen-bond acceptors (Lipinski definition) is 6. The Morgan fingerprint density at radius 2 is 1.85 bits per heavy atom. The van der Waals surface area contributed by atoms with Crippen molar-refractivity contribution in [3.63, 3.8) is 0 Å². The second kappa shape index (κ2) is 6.37. The quantitative estimate of drug-likeness (QED) is 0.710. The van der Waals surface area contributed by atoms with E-state index < -0.39 is 0 Å². The molecule has 1 aromatic heterocycles. The number of benzene rings is 2. The van der Waals surface area contributed by atoms with Crippen molar-refractivity contribution in [2.24, 2.45) is 0 Å². The second-order valence-corrected chi connectivity index (χ2v) is 6.89. The van der Waals surface area contributed by atoms with Gasteiger partial charge in [-0.1, -0.05) is 24.3 Å². The Bertz CT molecular complexity index is 920. The fraction of sp³-hybridized carbons (Fsp3) is 0.300. The molecule has 0 unspecified atom stereocenters. The summed E-state index contributed by atoms with van der Waals surface area (Å²) >= 11 is 0. The number of fused-ring (bicyclic) bond motifs is 1. The van der Waals surface area contributed by atoms with Gasteiger partial charge in [0.1, 0.15) is 17.1 Å². The molecule has 0 atom stereocenters. The molecule has 1 aliphatic rings. The molecule has 0 fully saturated rings. The van der Waals surface area contributed by atoms with E-state index in [0.29, 0.717) is 24.1 Å². The largest absolute Gasteiger partial charge is 0.496 e. The van der Waals surface area contributed by atoms with Gasteiger partial charge in [0.2, 0.25) is 5.89 Å². The summed E-state index contributed by atoms with van der Waals surface area (Å²) in [6, 6.07) is 15.6. The third kappa shape index (κ3) is 3.10. The van der Waals surface area contributed by atoms with Gasteiger partial charge in [0.25, 0.3) is 5.89 Å². The van der Waals surface area contributed by atoms with Gasteiger partial charge in [-0.05, 0) is 38.1 Å². The maximum atomic E-state index is 6.07. The number of nitrogens with zero attached hydrogens (tertiary/aromatic N) is 3. The molecule has 2 heterocycles. The summed E-state index contributed by atoms with van der Waals surface area (Å²) in [5.41, 5.74) is 1.53. The number of rotatable bonds is 4. The SMILES string of the molecule is COc1ccccc1-c1nnc(CN2CC(C)(C)Oc3ccccc32)o1. The van der Waals surface area contributed by atoms with E-state index in [1.54, 1.807) is 7.11 Å². The highest BCUT2D eigenvalue weighted by atomic mass is 16.5. The van der Waals surface area contributed by atoms with Crippen molar-refractivity contribution in [1.82, 2.24) is 10.2 Å². The molecular formula is C20H21N3O3. The zero-order chi connectivity index (χ0) is 18.1. The first kappa shape index (κ1) is 16.4. The maximum Gasteiger partial charge on any atom is 0.251 e. The van der Waals surface area contributed by atoms with Crippen LogP contribution in [-0.4, -0.2) is 29.5 Å². The topological polar surface area (TPSA) is 60.6 Å². The van der Waals surface area contributed by atoms with Gasteiger partial charge in [0.05, 0.1) is 31.5 Å². The van der Waals surface area contributed by atoms with Gasteiger partial charge in [-0.2, -0.15) is 0 Å². The van der Waals surface area contributed by atoms with Gasteiger partial charge in [-0.3, -0.25) is 0 Å². The fourth-order valence-corrected chi connectivity index (χ4v) is 3.23. The zero-order valence-electron chi connectivity index (χ0n) is 15.1. The zero-order valence-corrected chi connectivity index (χ0v) is 15.1. The van der Waals surface area contributed by atoms with Gasteiger partial charge in [-0.25, -0.2) is 0 Å². The molecule has 3 aromatic rings. The lowest BCUT2D eigenvalue weighted by Gasteiger charge is -2.40. The highest BCUT2D eigenvalue weighted by Gasteiger charge is 2.32. The molecule has 0 aliphatic carbocycles. The molecule has 0 radical (unpaired) electrons. The summed E-state index contributed by atoms with van der Waals surface area (Å²) in [5, 5.41) is 8.43. The highest BCUT2D eigenvalue weighted by molar-refractivity contribution is 5.62. The molecule has 1 aliphatic heterocycles. The van der Waals surface area contributed by atoms with Crippen LogP contribution in [0.3, 0.4) is 0 Å². The van der Waals surface area contributed by atoms with Crippen LogP contribution >= 0.6 is 0 Å². The Morgan fingerprint density at radius 3 is 2.69 bits per heavy atom. The van der Waals surface area contributed by atoms with Crippen LogP contribution in [0.2, 0.25) is 0 Å². The van der Waals surface area contributed by atoms with E-state index in [-0.39, 0.29) is 5.60 Å². The molecule has 0 spiro atoms. The van der Waals surface area contributed by atoms with Crippen molar-refractivity contribution in [1.29, 1.82) is 0 Å². The first-order valence-corrected chi connectivity index (χ1v) is 8.54. The predicted octanol–water partition coefficient (Wildman–Crippen LogP) is 3.92. The van der Waals surface area contributed by atoms with E-state index in [9.17, 15) is 0 Å². The first-order chi connectivity index (χ1) is 12.6. The number of hydrogen-bond donors (Lipinski definition) is 0. The molecule has 0 saturated heterocycles. The van der Waals surface area contributed by atoms with Crippen molar-refractivity contribution in [2.75, 3.05) is 18.6 Å². The van der Waals surface area contributed by atoms with Crippen LogP contribution in [0.5, 0.6) is 11.5 Å². The Labute approximate surface area is 152 Å². The third-order valence-corrected chi connectivity index (χ3v) is 4.29. The first-order valence-electron chi connectivity index (χ1n) is 8.54. The number of methoxy groups -OCH3 is 1. The van der Waals surface area contributed by atoms with E-state index in [0.717, 1.165) is 23.5 Å². The summed E-state index contributed by atoms with van der Waals surface area (Å²) in [4.78, 5) is 2.21. The van der Waals surface area contributed by atoms with Crippen molar-refractivity contribution in [3.8, 4) is 23.0 Å². The standard InChI is InChI=1S/C20H21N3O3/c1-20(2)13-23(15-9-5-7-11-17(15)26-20)12-18-21-22-19(25-18)14-8-4-6-10-16(14)24-3/h4-11H,12-13H2,1-3H3.